The van der Waals surface area contributed by atoms with Gasteiger partial charge in [0.05, 0.1) is 0 Å². The molecule has 0 bridgehead atoms. The molecule has 0 saturated carbocycles. The van der Waals surface area contributed by atoms with Gasteiger partial charge >= 0.3 is 0 Å². The Hall–Kier alpha value is -2.47. The molecule has 1 saturated heterocycles. The average molecular weight is 357 g/mol. The smallest absolute Gasteiger partial charge is 0.227 e. The zero-order chi connectivity index (χ0) is 18.3. The Balaban J connectivity index is 1.76. The first-order valence-corrected chi connectivity index (χ1v) is 8.87. The van der Waals surface area contributed by atoms with Crippen LogP contribution in [0.25, 0.3) is 0 Å². The van der Waals surface area contributed by atoms with Crippen molar-refractivity contribution in [2.45, 2.75) is 19.4 Å². The predicted molar refractivity (Wildman–Crippen MR) is 97.7 cm³/mol. The number of hydrogen-bond donors (Lipinski definition) is 0. The van der Waals surface area contributed by atoms with Crippen molar-refractivity contribution in [3.8, 4) is 0 Å². The molecule has 0 unspecified atom stereocenters. The van der Waals surface area contributed by atoms with Crippen LogP contribution in [-0.2, 0) is 11.3 Å². The molecule has 136 valence electrons. The third-order valence-corrected chi connectivity index (χ3v) is 5.04. The molecule has 0 spiro atoms. The SMILES string of the molecule is CN1CCN(c2cc(F)cc(F)c2)c2ccc(N3CCCC3=O)cc2C1. The lowest BCUT2D eigenvalue weighted by molar-refractivity contribution is -0.117. The van der Waals surface area contributed by atoms with Gasteiger partial charge in [-0.25, -0.2) is 8.78 Å². The van der Waals surface area contributed by atoms with Crippen molar-refractivity contribution in [3.05, 3.63) is 53.6 Å². The van der Waals surface area contributed by atoms with E-state index >= 15 is 0 Å². The molecule has 26 heavy (non-hydrogen) atoms. The molecule has 0 N–H and O–H groups in total. The van der Waals surface area contributed by atoms with Crippen LogP contribution in [0.5, 0.6) is 0 Å². The van der Waals surface area contributed by atoms with E-state index in [1.807, 2.05) is 35.0 Å². The normalized spacial score (nSPS) is 18.2. The fourth-order valence-corrected chi connectivity index (χ4v) is 3.78. The Morgan fingerprint density at radius 1 is 0.885 bits per heavy atom. The number of carbonyl (C=O) groups excluding carboxylic acids is 1. The van der Waals surface area contributed by atoms with Crippen LogP contribution >= 0.6 is 0 Å². The van der Waals surface area contributed by atoms with Gasteiger partial charge in [0.15, 0.2) is 0 Å². The molecule has 0 atom stereocenters. The van der Waals surface area contributed by atoms with Crippen LogP contribution in [-0.4, -0.2) is 37.5 Å². The first-order chi connectivity index (χ1) is 12.5. The number of likely N-dealkylation sites (N-methyl/N-ethyl adjacent to an activating group) is 1. The first kappa shape index (κ1) is 17.0. The molecule has 2 aromatic rings. The molecule has 1 amide bonds. The minimum absolute atomic E-state index is 0.149. The number of carbonyl (C=O) groups is 1. The second-order valence-corrected chi connectivity index (χ2v) is 6.98. The third-order valence-electron chi connectivity index (χ3n) is 5.04. The highest BCUT2D eigenvalue weighted by atomic mass is 19.1. The van der Waals surface area contributed by atoms with E-state index in [0.717, 1.165) is 49.1 Å². The highest BCUT2D eigenvalue weighted by molar-refractivity contribution is 5.95. The van der Waals surface area contributed by atoms with Crippen molar-refractivity contribution in [1.82, 2.24) is 4.90 Å². The molecule has 0 aromatic heterocycles. The largest absolute Gasteiger partial charge is 0.340 e. The lowest BCUT2D eigenvalue weighted by Gasteiger charge is -2.26. The van der Waals surface area contributed by atoms with Crippen LogP contribution < -0.4 is 9.80 Å². The molecule has 1 fully saturated rings. The molecule has 0 radical (unpaired) electrons. The maximum absolute atomic E-state index is 13.7. The Morgan fingerprint density at radius 3 is 2.35 bits per heavy atom. The molecule has 6 heteroatoms. The van der Waals surface area contributed by atoms with Crippen LogP contribution in [0.15, 0.2) is 36.4 Å². The number of rotatable bonds is 2. The fraction of sp³-hybridized carbons (Fsp3) is 0.350. The van der Waals surface area contributed by atoms with Gasteiger partial charge in [-0.15, -0.1) is 0 Å². The van der Waals surface area contributed by atoms with Gasteiger partial charge in [0.25, 0.3) is 0 Å². The minimum Gasteiger partial charge on any atom is -0.340 e. The Kier molecular flexibility index (Phi) is 4.36. The molecule has 2 aliphatic rings. The van der Waals surface area contributed by atoms with Gasteiger partial charge in [-0.3, -0.25) is 4.79 Å². The molecule has 2 aromatic carbocycles. The minimum atomic E-state index is -0.585. The summed E-state index contributed by atoms with van der Waals surface area (Å²) in [4.78, 5) is 18.0. The van der Waals surface area contributed by atoms with Crippen molar-refractivity contribution >= 4 is 23.0 Å². The van der Waals surface area contributed by atoms with Crippen LogP contribution in [0.4, 0.5) is 25.8 Å². The van der Waals surface area contributed by atoms with Crippen molar-refractivity contribution in [2.24, 2.45) is 0 Å². The van der Waals surface area contributed by atoms with E-state index in [-0.39, 0.29) is 5.91 Å². The highest BCUT2D eigenvalue weighted by Gasteiger charge is 2.25. The van der Waals surface area contributed by atoms with Gasteiger partial charge in [-0.2, -0.15) is 0 Å². The number of benzene rings is 2. The van der Waals surface area contributed by atoms with E-state index in [1.54, 1.807) is 0 Å². The zero-order valence-corrected chi connectivity index (χ0v) is 14.7. The molecular formula is C20H21F2N3O. The summed E-state index contributed by atoms with van der Waals surface area (Å²) in [6, 6.07) is 9.51. The summed E-state index contributed by atoms with van der Waals surface area (Å²) < 4.78 is 27.5. The molecule has 4 rings (SSSR count). The Bertz CT molecular complexity index is 835. The molecular weight excluding hydrogens is 336 g/mol. The summed E-state index contributed by atoms with van der Waals surface area (Å²) in [7, 11) is 2.02. The van der Waals surface area contributed by atoms with Gasteiger partial charge in [-0.1, -0.05) is 0 Å². The molecule has 2 heterocycles. The fourth-order valence-electron chi connectivity index (χ4n) is 3.78. The van der Waals surface area contributed by atoms with E-state index in [4.69, 9.17) is 0 Å². The summed E-state index contributed by atoms with van der Waals surface area (Å²) in [5, 5.41) is 0. The molecule has 0 aliphatic carbocycles. The average Bonchev–Trinajstić information content (AvgIpc) is 2.93. The number of halogens is 2. The second-order valence-electron chi connectivity index (χ2n) is 6.98. The van der Waals surface area contributed by atoms with Gasteiger partial charge in [0.1, 0.15) is 11.6 Å². The van der Waals surface area contributed by atoms with E-state index in [1.165, 1.54) is 12.1 Å². The summed E-state index contributed by atoms with van der Waals surface area (Å²) in [6.07, 6.45) is 1.47. The highest BCUT2D eigenvalue weighted by Crippen LogP contribution is 2.35. The van der Waals surface area contributed by atoms with Gasteiger partial charge in [-0.05, 0) is 49.4 Å². The first-order valence-electron chi connectivity index (χ1n) is 8.87. The number of fused-ring (bicyclic) bond motifs is 1. The van der Waals surface area contributed by atoms with E-state index in [0.29, 0.717) is 18.7 Å². The summed E-state index contributed by atoms with van der Waals surface area (Å²) in [5.41, 5.74) is 3.37. The van der Waals surface area contributed by atoms with Gasteiger partial charge in [0.2, 0.25) is 5.91 Å². The maximum Gasteiger partial charge on any atom is 0.227 e. The van der Waals surface area contributed by atoms with Crippen molar-refractivity contribution in [3.63, 3.8) is 0 Å². The van der Waals surface area contributed by atoms with Crippen molar-refractivity contribution < 1.29 is 13.6 Å². The molecule has 4 nitrogen and oxygen atoms in total. The van der Waals surface area contributed by atoms with Gasteiger partial charge < -0.3 is 14.7 Å². The third kappa shape index (κ3) is 3.17. The van der Waals surface area contributed by atoms with E-state index < -0.39 is 11.6 Å². The maximum atomic E-state index is 13.7. The van der Waals surface area contributed by atoms with Crippen molar-refractivity contribution in [1.29, 1.82) is 0 Å². The zero-order valence-electron chi connectivity index (χ0n) is 14.7. The summed E-state index contributed by atoms with van der Waals surface area (Å²) >= 11 is 0. The standard InChI is InChI=1S/C20H21F2N3O/c1-23-7-8-24(18-11-15(21)10-16(22)12-18)19-5-4-17(9-14(19)13-23)25-6-2-3-20(25)26/h4-5,9-12H,2-3,6-8,13H2,1H3. The van der Waals surface area contributed by atoms with Crippen LogP contribution in [0.1, 0.15) is 18.4 Å². The summed E-state index contributed by atoms with van der Waals surface area (Å²) in [6.45, 7) is 2.87. The number of hydrogen-bond acceptors (Lipinski definition) is 3. The van der Waals surface area contributed by atoms with Crippen LogP contribution in [0.3, 0.4) is 0 Å². The Labute approximate surface area is 151 Å². The Morgan fingerprint density at radius 2 is 1.65 bits per heavy atom. The quantitative estimate of drug-likeness (QED) is 0.820. The van der Waals surface area contributed by atoms with Crippen molar-refractivity contribution in [2.75, 3.05) is 36.5 Å². The lowest BCUT2D eigenvalue weighted by atomic mass is 10.1. The lowest BCUT2D eigenvalue weighted by Crippen LogP contribution is -2.26. The predicted octanol–water partition coefficient (Wildman–Crippen LogP) is 3.68. The van der Waals surface area contributed by atoms with E-state index in [2.05, 4.69) is 4.90 Å². The van der Waals surface area contributed by atoms with E-state index in [9.17, 15) is 13.6 Å². The molecule has 2 aliphatic heterocycles. The number of anilines is 3. The number of nitrogens with zero attached hydrogens (tertiary/aromatic N) is 3. The topological polar surface area (TPSA) is 26.8 Å². The van der Waals surface area contributed by atoms with Crippen LogP contribution in [0.2, 0.25) is 0 Å². The monoisotopic (exact) mass is 357 g/mol. The second kappa shape index (κ2) is 6.68. The van der Waals surface area contributed by atoms with Gasteiger partial charge in [0, 0.05) is 55.7 Å². The number of amides is 1. The van der Waals surface area contributed by atoms with Crippen LogP contribution in [0, 0.1) is 11.6 Å². The summed E-state index contributed by atoms with van der Waals surface area (Å²) in [5.74, 6) is -1.02.